The SMILES string of the molecule is CCOC(=O)C1CCCN(Cc2nonc2C)C1. The van der Waals surface area contributed by atoms with Gasteiger partial charge in [0.05, 0.1) is 12.5 Å². The van der Waals surface area contributed by atoms with Crippen LogP contribution in [-0.4, -0.2) is 40.9 Å². The van der Waals surface area contributed by atoms with E-state index in [1.165, 1.54) is 0 Å². The molecule has 18 heavy (non-hydrogen) atoms. The molecule has 6 nitrogen and oxygen atoms in total. The van der Waals surface area contributed by atoms with Crippen LogP contribution in [0, 0.1) is 12.8 Å². The molecule has 0 saturated carbocycles. The van der Waals surface area contributed by atoms with Crippen molar-refractivity contribution in [1.29, 1.82) is 0 Å². The highest BCUT2D eigenvalue weighted by Gasteiger charge is 2.27. The number of likely N-dealkylation sites (tertiary alicyclic amines) is 1. The standard InChI is InChI=1S/C12H19N3O3/c1-3-17-12(16)10-5-4-6-15(7-10)8-11-9(2)13-18-14-11/h10H,3-8H2,1-2H3. The fourth-order valence-electron chi connectivity index (χ4n) is 2.26. The second-order valence-corrected chi connectivity index (χ2v) is 4.62. The van der Waals surface area contributed by atoms with Gasteiger partial charge in [0.1, 0.15) is 11.4 Å². The molecular weight excluding hydrogens is 234 g/mol. The number of aryl methyl sites for hydroxylation is 1. The van der Waals surface area contributed by atoms with Gasteiger partial charge in [0, 0.05) is 13.1 Å². The highest BCUT2D eigenvalue weighted by Crippen LogP contribution is 2.19. The van der Waals surface area contributed by atoms with Crippen LogP contribution in [0.15, 0.2) is 4.63 Å². The maximum atomic E-state index is 11.7. The topological polar surface area (TPSA) is 68.5 Å². The monoisotopic (exact) mass is 253 g/mol. The highest BCUT2D eigenvalue weighted by molar-refractivity contribution is 5.72. The van der Waals surface area contributed by atoms with Crippen LogP contribution in [0.1, 0.15) is 31.2 Å². The summed E-state index contributed by atoms with van der Waals surface area (Å²) in [5.41, 5.74) is 1.66. The smallest absolute Gasteiger partial charge is 0.310 e. The van der Waals surface area contributed by atoms with Gasteiger partial charge in [0.2, 0.25) is 0 Å². The Balaban J connectivity index is 1.91. The third-order valence-electron chi connectivity index (χ3n) is 3.25. The number of esters is 1. The van der Waals surface area contributed by atoms with Crippen LogP contribution in [-0.2, 0) is 16.1 Å². The van der Waals surface area contributed by atoms with E-state index in [-0.39, 0.29) is 11.9 Å². The number of hydrogen-bond donors (Lipinski definition) is 0. The largest absolute Gasteiger partial charge is 0.466 e. The molecule has 1 saturated heterocycles. The molecule has 1 unspecified atom stereocenters. The van der Waals surface area contributed by atoms with E-state index in [1.54, 1.807) is 0 Å². The Kier molecular flexibility index (Phi) is 4.30. The number of aromatic nitrogens is 2. The van der Waals surface area contributed by atoms with Gasteiger partial charge in [-0.25, -0.2) is 4.63 Å². The summed E-state index contributed by atoms with van der Waals surface area (Å²) in [4.78, 5) is 13.9. The van der Waals surface area contributed by atoms with Gasteiger partial charge in [-0.2, -0.15) is 0 Å². The lowest BCUT2D eigenvalue weighted by molar-refractivity contribution is -0.150. The summed E-state index contributed by atoms with van der Waals surface area (Å²) >= 11 is 0. The zero-order valence-corrected chi connectivity index (χ0v) is 10.9. The number of ether oxygens (including phenoxy) is 1. The van der Waals surface area contributed by atoms with Crippen molar-refractivity contribution in [3.8, 4) is 0 Å². The molecule has 0 radical (unpaired) electrons. The average Bonchev–Trinajstić information content (AvgIpc) is 2.76. The Hall–Kier alpha value is -1.43. The van der Waals surface area contributed by atoms with E-state index in [1.807, 2.05) is 13.8 Å². The van der Waals surface area contributed by atoms with Crippen LogP contribution in [0.5, 0.6) is 0 Å². The maximum absolute atomic E-state index is 11.7. The molecule has 0 amide bonds. The lowest BCUT2D eigenvalue weighted by Gasteiger charge is -2.30. The summed E-state index contributed by atoms with van der Waals surface area (Å²) in [5, 5.41) is 7.63. The van der Waals surface area contributed by atoms with Gasteiger partial charge in [0.15, 0.2) is 0 Å². The van der Waals surface area contributed by atoms with Gasteiger partial charge >= 0.3 is 5.97 Å². The fourth-order valence-corrected chi connectivity index (χ4v) is 2.26. The molecule has 1 aromatic heterocycles. The van der Waals surface area contributed by atoms with Crippen molar-refractivity contribution in [2.24, 2.45) is 5.92 Å². The Morgan fingerprint density at radius 3 is 3.06 bits per heavy atom. The molecule has 1 aromatic rings. The lowest BCUT2D eigenvalue weighted by atomic mass is 9.98. The van der Waals surface area contributed by atoms with E-state index in [0.29, 0.717) is 13.2 Å². The first kappa shape index (κ1) is 13.0. The van der Waals surface area contributed by atoms with Crippen LogP contribution >= 0.6 is 0 Å². The summed E-state index contributed by atoms with van der Waals surface area (Å²) in [6, 6.07) is 0. The van der Waals surface area contributed by atoms with Gasteiger partial charge in [-0.05, 0) is 33.2 Å². The zero-order valence-electron chi connectivity index (χ0n) is 10.9. The quantitative estimate of drug-likeness (QED) is 0.750. The van der Waals surface area contributed by atoms with Crippen molar-refractivity contribution in [3.05, 3.63) is 11.4 Å². The molecule has 1 fully saturated rings. The van der Waals surface area contributed by atoms with Gasteiger partial charge < -0.3 is 4.74 Å². The summed E-state index contributed by atoms with van der Waals surface area (Å²) in [6.45, 7) is 6.54. The van der Waals surface area contributed by atoms with Crippen LogP contribution in [0.2, 0.25) is 0 Å². The van der Waals surface area contributed by atoms with E-state index in [0.717, 1.165) is 37.3 Å². The van der Waals surface area contributed by atoms with Crippen LogP contribution in [0.25, 0.3) is 0 Å². The predicted octanol–water partition coefficient (Wildman–Crippen LogP) is 1.15. The molecule has 1 aliphatic rings. The lowest BCUT2D eigenvalue weighted by Crippen LogP contribution is -2.39. The predicted molar refractivity (Wildman–Crippen MR) is 63.7 cm³/mol. The van der Waals surface area contributed by atoms with Crippen LogP contribution in [0.4, 0.5) is 0 Å². The molecule has 0 aliphatic carbocycles. The Bertz CT molecular complexity index is 405. The number of nitrogens with zero attached hydrogens (tertiary/aromatic N) is 3. The Morgan fingerprint density at radius 1 is 1.56 bits per heavy atom. The first-order valence-electron chi connectivity index (χ1n) is 6.37. The average molecular weight is 253 g/mol. The van der Waals surface area contributed by atoms with Crippen LogP contribution < -0.4 is 0 Å². The van der Waals surface area contributed by atoms with Crippen molar-refractivity contribution in [1.82, 2.24) is 15.2 Å². The zero-order chi connectivity index (χ0) is 13.0. The number of carbonyl (C=O) groups excluding carboxylic acids is 1. The molecule has 0 aromatic carbocycles. The third kappa shape index (κ3) is 3.07. The number of hydrogen-bond acceptors (Lipinski definition) is 6. The molecule has 1 aliphatic heterocycles. The van der Waals surface area contributed by atoms with E-state index in [9.17, 15) is 4.79 Å². The molecule has 2 rings (SSSR count). The Labute approximate surface area is 106 Å². The van der Waals surface area contributed by atoms with E-state index in [4.69, 9.17) is 4.74 Å². The molecule has 100 valence electrons. The first-order valence-corrected chi connectivity index (χ1v) is 6.37. The molecule has 0 spiro atoms. The minimum atomic E-state index is -0.0859. The van der Waals surface area contributed by atoms with Crippen LogP contribution in [0.3, 0.4) is 0 Å². The number of piperidine rings is 1. The van der Waals surface area contributed by atoms with Crippen molar-refractivity contribution < 1.29 is 14.2 Å². The van der Waals surface area contributed by atoms with Crippen molar-refractivity contribution in [2.45, 2.75) is 33.2 Å². The highest BCUT2D eigenvalue weighted by atomic mass is 16.6. The van der Waals surface area contributed by atoms with Crippen molar-refractivity contribution >= 4 is 5.97 Å². The van der Waals surface area contributed by atoms with E-state index >= 15 is 0 Å². The molecule has 2 heterocycles. The summed E-state index contributed by atoms with van der Waals surface area (Å²) in [6.07, 6.45) is 1.92. The molecule has 1 atom stereocenters. The third-order valence-corrected chi connectivity index (χ3v) is 3.25. The van der Waals surface area contributed by atoms with Crippen molar-refractivity contribution in [3.63, 3.8) is 0 Å². The van der Waals surface area contributed by atoms with Gasteiger partial charge in [-0.1, -0.05) is 10.3 Å². The van der Waals surface area contributed by atoms with E-state index in [2.05, 4.69) is 19.8 Å². The maximum Gasteiger partial charge on any atom is 0.310 e. The summed E-state index contributed by atoms with van der Waals surface area (Å²) < 4.78 is 9.76. The minimum Gasteiger partial charge on any atom is -0.466 e. The van der Waals surface area contributed by atoms with Gasteiger partial charge in [-0.15, -0.1) is 0 Å². The first-order chi connectivity index (χ1) is 8.70. The molecule has 6 heteroatoms. The number of rotatable bonds is 4. The normalized spacial score (nSPS) is 20.9. The molecule has 0 bridgehead atoms. The van der Waals surface area contributed by atoms with E-state index < -0.39 is 0 Å². The van der Waals surface area contributed by atoms with Crippen molar-refractivity contribution in [2.75, 3.05) is 19.7 Å². The molecular formula is C12H19N3O3. The fraction of sp³-hybridized carbons (Fsp3) is 0.750. The summed E-state index contributed by atoms with van der Waals surface area (Å²) in [7, 11) is 0. The van der Waals surface area contributed by atoms with Gasteiger partial charge in [-0.3, -0.25) is 9.69 Å². The molecule has 0 N–H and O–H groups in total. The number of carbonyl (C=O) groups is 1. The Morgan fingerprint density at radius 2 is 2.39 bits per heavy atom. The van der Waals surface area contributed by atoms with Gasteiger partial charge in [0.25, 0.3) is 0 Å². The second-order valence-electron chi connectivity index (χ2n) is 4.62. The second kappa shape index (κ2) is 5.95. The summed E-state index contributed by atoms with van der Waals surface area (Å²) in [5.74, 6) is -0.101. The minimum absolute atomic E-state index is 0.0149.